The van der Waals surface area contributed by atoms with E-state index < -0.39 is 0 Å². The molecule has 1 unspecified atom stereocenters. The number of fused-ring (bicyclic) bond motifs is 2. The smallest absolute Gasteiger partial charge is 0.230 e. The Hall–Kier alpha value is -3.39. The van der Waals surface area contributed by atoms with Gasteiger partial charge in [0.15, 0.2) is 4.96 Å². The van der Waals surface area contributed by atoms with Gasteiger partial charge in [0.2, 0.25) is 5.91 Å². The Kier molecular flexibility index (Phi) is 5.30. The first-order chi connectivity index (χ1) is 15.5. The molecule has 0 bridgehead atoms. The number of hydrogen-bond donors (Lipinski definition) is 1. The van der Waals surface area contributed by atoms with Gasteiger partial charge < -0.3 is 14.8 Å². The summed E-state index contributed by atoms with van der Waals surface area (Å²) in [5.41, 5.74) is 4.08. The normalized spacial score (nSPS) is 14.9. The summed E-state index contributed by atoms with van der Waals surface area (Å²) in [5, 5.41) is 4.90. The topological polar surface area (TPSA) is 64.9 Å². The number of aromatic nitrogens is 2. The van der Waals surface area contributed by atoms with E-state index >= 15 is 0 Å². The number of benzene rings is 2. The van der Waals surface area contributed by atoms with Crippen LogP contribution in [0.5, 0.6) is 11.5 Å². The zero-order valence-electron chi connectivity index (χ0n) is 17.7. The molecule has 1 aliphatic heterocycles. The van der Waals surface area contributed by atoms with Crippen LogP contribution < -0.4 is 14.8 Å². The quantitative estimate of drug-likeness (QED) is 0.443. The third-order valence-corrected chi connectivity index (χ3v) is 6.23. The van der Waals surface area contributed by atoms with Crippen molar-refractivity contribution in [3.05, 3.63) is 65.0 Å². The van der Waals surface area contributed by atoms with Crippen LogP contribution in [0.15, 0.2) is 48.0 Å². The standard InChI is InChI=1S/C24H22FN3O3S/c1-3-30-22-9-16-8-14(2)31-21(16)11-19(22)26-23(29)10-18-13-32-24-27-20(12-28(18)24)15-4-6-17(25)7-5-15/h4-7,9,11-14H,3,8,10H2,1-2H3,(H,26,29). The van der Waals surface area contributed by atoms with Crippen molar-refractivity contribution in [1.82, 2.24) is 9.38 Å². The van der Waals surface area contributed by atoms with Crippen LogP contribution in [0, 0.1) is 5.82 Å². The van der Waals surface area contributed by atoms with Gasteiger partial charge in [0.1, 0.15) is 23.4 Å². The fourth-order valence-electron chi connectivity index (χ4n) is 3.89. The number of carbonyl (C=O) groups is 1. The summed E-state index contributed by atoms with van der Waals surface area (Å²) in [5.74, 6) is 0.986. The van der Waals surface area contributed by atoms with Crippen molar-refractivity contribution in [2.75, 3.05) is 11.9 Å². The van der Waals surface area contributed by atoms with E-state index in [4.69, 9.17) is 9.47 Å². The van der Waals surface area contributed by atoms with E-state index in [2.05, 4.69) is 10.3 Å². The van der Waals surface area contributed by atoms with Crippen LogP contribution in [0.1, 0.15) is 25.1 Å². The number of rotatable bonds is 6. The first kappa shape index (κ1) is 20.5. The van der Waals surface area contributed by atoms with Gasteiger partial charge in [0.05, 0.1) is 24.4 Å². The summed E-state index contributed by atoms with van der Waals surface area (Å²) >= 11 is 1.46. The SMILES string of the molecule is CCOc1cc2c(cc1NC(=O)Cc1csc3nc(-c4ccc(F)cc4)cn13)OC(C)C2. The molecule has 0 saturated heterocycles. The van der Waals surface area contributed by atoms with Crippen molar-refractivity contribution in [1.29, 1.82) is 0 Å². The summed E-state index contributed by atoms with van der Waals surface area (Å²) in [6, 6.07) is 10.0. The van der Waals surface area contributed by atoms with Gasteiger partial charge in [-0.15, -0.1) is 11.3 Å². The number of thiazole rings is 1. The van der Waals surface area contributed by atoms with Crippen molar-refractivity contribution < 1.29 is 18.7 Å². The molecular weight excluding hydrogens is 429 g/mol. The lowest BCUT2D eigenvalue weighted by Crippen LogP contribution is -2.16. The summed E-state index contributed by atoms with van der Waals surface area (Å²) in [6.07, 6.45) is 2.99. The van der Waals surface area contributed by atoms with E-state index in [1.165, 1.54) is 23.5 Å². The van der Waals surface area contributed by atoms with Crippen molar-refractivity contribution in [2.24, 2.45) is 0 Å². The predicted octanol–water partition coefficient (Wildman–Crippen LogP) is 5.11. The lowest BCUT2D eigenvalue weighted by atomic mass is 10.1. The van der Waals surface area contributed by atoms with Gasteiger partial charge in [0.25, 0.3) is 0 Å². The lowest BCUT2D eigenvalue weighted by molar-refractivity contribution is -0.115. The molecule has 1 N–H and O–H groups in total. The summed E-state index contributed by atoms with van der Waals surface area (Å²) in [7, 11) is 0. The van der Waals surface area contributed by atoms with E-state index in [9.17, 15) is 9.18 Å². The molecule has 5 rings (SSSR count). The number of nitrogens with one attached hydrogen (secondary N) is 1. The number of anilines is 1. The highest BCUT2D eigenvalue weighted by molar-refractivity contribution is 7.15. The highest BCUT2D eigenvalue weighted by Crippen LogP contribution is 2.38. The predicted molar refractivity (Wildman–Crippen MR) is 122 cm³/mol. The van der Waals surface area contributed by atoms with Gasteiger partial charge in [-0.05, 0) is 44.2 Å². The molecule has 164 valence electrons. The highest BCUT2D eigenvalue weighted by Gasteiger charge is 2.23. The van der Waals surface area contributed by atoms with Crippen molar-refractivity contribution in [2.45, 2.75) is 32.8 Å². The fourth-order valence-corrected chi connectivity index (χ4v) is 4.76. The first-order valence-electron chi connectivity index (χ1n) is 10.5. The second-order valence-electron chi connectivity index (χ2n) is 7.76. The van der Waals surface area contributed by atoms with Gasteiger partial charge in [-0.2, -0.15) is 0 Å². The molecule has 8 heteroatoms. The maximum absolute atomic E-state index is 13.2. The Morgan fingerprint density at radius 2 is 2.16 bits per heavy atom. The Morgan fingerprint density at radius 1 is 1.34 bits per heavy atom. The highest BCUT2D eigenvalue weighted by atomic mass is 32.1. The second kappa shape index (κ2) is 8.27. The minimum atomic E-state index is -0.287. The van der Waals surface area contributed by atoms with Gasteiger partial charge in [0, 0.05) is 40.9 Å². The molecule has 2 aromatic carbocycles. The number of imidazole rings is 1. The van der Waals surface area contributed by atoms with Crippen molar-refractivity contribution >= 4 is 27.9 Å². The minimum absolute atomic E-state index is 0.112. The third kappa shape index (κ3) is 3.93. The molecule has 2 aromatic heterocycles. The molecular formula is C24H22FN3O3S. The number of ether oxygens (including phenoxy) is 2. The van der Waals surface area contributed by atoms with Crippen LogP contribution in [-0.4, -0.2) is 28.0 Å². The van der Waals surface area contributed by atoms with Gasteiger partial charge in [-0.25, -0.2) is 9.37 Å². The molecule has 0 aliphatic carbocycles. The molecule has 0 spiro atoms. The number of amides is 1. The van der Waals surface area contributed by atoms with Gasteiger partial charge in [-0.1, -0.05) is 0 Å². The summed E-state index contributed by atoms with van der Waals surface area (Å²) in [4.78, 5) is 18.3. The molecule has 6 nitrogen and oxygen atoms in total. The Labute approximate surface area is 188 Å². The maximum atomic E-state index is 13.2. The molecule has 1 aliphatic rings. The van der Waals surface area contributed by atoms with Crippen molar-refractivity contribution in [3.63, 3.8) is 0 Å². The van der Waals surface area contributed by atoms with Crippen molar-refractivity contribution in [3.8, 4) is 22.8 Å². The Balaban J connectivity index is 1.36. The molecule has 32 heavy (non-hydrogen) atoms. The largest absolute Gasteiger partial charge is 0.492 e. The zero-order valence-corrected chi connectivity index (χ0v) is 18.5. The third-order valence-electron chi connectivity index (χ3n) is 5.34. The number of carbonyl (C=O) groups excluding carboxylic acids is 1. The van der Waals surface area contributed by atoms with Crippen LogP contribution in [0.25, 0.3) is 16.2 Å². The molecule has 1 atom stereocenters. The molecule has 0 saturated carbocycles. The van der Waals surface area contributed by atoms with Crippen LogP contribution in [0.4, 0.5) is 10.1 Å². The van der Waals surface area contributed by atoms with E-state index in [1.807, 2.05) is 42.0 Å². The molecule has 0 fully saturated rings. The maximum Gasteiger partial charge on any atom is 0.230 e. The Bertz CT molecular complexity index is 1300. The van der Waals surface area contributed by atoms with Crippen LogP contribution in [0.2, 0.25) is 0 Å². The molecule has 1 amide bonds. The monoisotopic (exact) mass is 451 g/mol. The van der Waals surface area contributed by atoms with E-state index in [-0.39, 0.29) is 24.2 Å². The van der Waals surface area contributed by atoms with Crippen LogP contribution >= 0.6 is 11.3 Å². The van der Waals surface area contributed by atoms with Gasteiger partial charge >= 0.3 is 0 Å². The molecule has 3 heterocycles. The lowest BCUT2D eigenvalue weighted by Gasteiger charge is -2.13. The number of halogens is 1. The van der Waals surface area contributed by atoms with Crippen LogP contribution in [0.3, 0.4) is 0 Å². The van der Waals surface area contributed by atoms with E-state index in [1.54, 1.807) is 12.1 Å². The molecule has 0 radical (unpaired) electrons. The average molecular weight is 452 g/mol. The summed E-state index contributed by atoms with van der Waals surface area (Å²) in [6.45, 7) is 4.44. The Morgan fingerprint density at radius 3 is 2.94 bits per heavy atom. The number of nitrogens with zero attached hydrogens (tertiary/aromatic N) is 2. The minimum Gasteiger partial charge on any atom is -0.492 e. The van der Waals surface area contributed by atoms with Crippen LogP contribution in [-0.2, 0) is 17.6 Å². The average Bonchev–Trinajstić information content (AvgIpc) is 3.43. The van der Waals surface area contributed by atoms with E-state index in [0.717, 1.165) is 39.6 Å². The first-order valence-corrected chi connectivity index (χ1v) is 11.4. The fraction of sp³-hybridized carbons (Fsp3) is 0.250. The summed E-state index contributed by atoms with van der Waals surface area (Å²) < 4.78 is 26.7. The molecule has 4 aromatic rings. The van der Waals surface area contributed by atoms with Gasteiger partial charge in [-0.3, -0.25) is 9.20 Å². The second-order valence-corrected chi connectivity index (χ2v) is 8.60. The number of hydrogen-bond acceptors (Lipinski definition) is 5. The van der Waals surface area contributed by atoms with E-state index in [0.29, 0.717) is 18.0 Å². The zero-order chi connectivity index (χ0) is 22.2.